The maximum atomic E-state index is 12.1. The molecule has 1 rings (SSSR count). The second kappa shape index (κ2) is 6.07. The van der Waals surface area contributed by atoms with E-state index in [1.54, 1.807) is 0 Å². The van der Waals surface area contributed by atoms with Crippen molar-refractivity contribution in [1.82, 2.24) is 14.3 Å². The molecule has 0 radical (unpaired) electrons. The van der Waals surface area contributed by atoms with E-state index in [0.717, 1.165) is 4.31 Å². The Bertz CT molecular complexity index is 472. The van der Waals surface area contributed by atoms with E-state index >= 15 is 0 Å². The van der Waals surface area contributed by atoms with Gasteiger partial charge in [-0.2, -0.15) is 4.31 Å². The number of hydrogen-bond acceptors (Lipinski definition) is 6. The summed E-state index contributed by atoms with van der Waals surface area (Å²) in [5.74, 6) is 0.384. The summed E-state index contributed by atoms with van der Waals surface area (Å²) in [4.78, 5) is 7.82. The van der Waals surface area contributed by atoms with Crippen LogP contribution in [0.2, 0.25) is 0 Å². The highest BCUT2D eigenvalue weighted by Gasteiger charge is 2.22. The highest BCUT2D eigenvalue weighted by atomic mass is 32.2. The van der Waals surface area contributed by atoms with Gasteiger partial charge >= 0.3 is 0 Å². The third kappa shape index (κ3) is 3.62. The topological polar surface area (TPSA) is 95.4 Å². The fourth-order valence-electron chi connectivity index (χ4n) is 1.35. The molecule has 8 heteroatoms. The fourth-order valence-corrected chi connectivity index (χ4v) is 2.49. The summed E-state index contributed by atoms with van der Waals surface area (Å²) < 4.78 is 25.2. The number of aromatic nitrogens is 2. The quantitative estimate of drug-likeness (QED) is 0.752. The van der Waals surface area contributed by atoms with Crippen LogP contribution in [0.15, 0.2) is 17.3 Å². The van der Waals surface area contributed by atoms with E-state index in [0.29, 0.717) is 12.5 Å². The Balaban J connectivity index is 2.91. The molecule has 0 saturated heterocycles. The summed E-state index contributed by atoms with van der Waals surface area (Å²) >= 11 is 0. The first-order chi connectivity index (χ1) is 8.37. The first-order valence-electron chi connectivity index (χ1n) is 5.58. The van der Waals surface area contributed by atoms with Crippen molar-refractivity contribution in [2.75, 3.05) is 25.5 Å². The Morgan fingerprint density at radius 3 is 2.44 bits per heavy atom. The molecule has 0 aromatic carbocycles. The molecule has 1 aromatic heterocycles. The summed E-state index contributed by atoms with van der Waals surface area (Å²) in [7, 11) is -2.24. The van der Waals surface area contributed by atoms with Crippen LogP contribution in [0.3, 0.4) is 0 Å². The van der Waals surface area contributed by atoms with Crippen LogP contribution < -0.4 is 5.32 Å². The molecule has 0 spiro atoms. The lowest BCUT2D eigenvalue weighted by molar-refractivity contribution is 0.171. The second-order valence-electron chi connectivity index (χ2n) is 3.91. The number of rotatable bonds is 6. The average Bonchev–Trinajstić information content (AvgIpc) is 2.29. The van der Waals surface area contributed by atoms with Crippen molar-refractivity contribution in [3.05, 3.63) is 12.4 Å². The van der Waals surface area contributed by atoms with Gasteiger partial charge in [-0.1, -0.05) is 0 Å². The summed E-state index contributed by atoms with van der Waals surface area (Å²) in [6.45, 7) is 4.10. The SMILES string of the molecule is CCNc1ncc(S(=O)(=O)N(C)CC(C)O)cn1. The molecule has 1 aromatic rings. The fraction of sp³-hybridized carbons (Fsp3) is 0.600. The van der Waals surface area contributed by atoms with Crippen molar-refractivity contribution in [3.8, 4) is 0 Å². The lowest BCUT2D eigenvalue weighted by atomic mass is 10.4. The van der Waals surface area contributed by atoms with Crippen LogP contribution in [0.25, 0.3) is 0 Å². The number of nitrogens with one attached hydrogen (secondary N) is 1. The summed E-state index contributed by atoms with van der Waals surface area (Å²) in [5, 5.41) is 12.1. The molecule has 7 nitrogen and oxygen atoms in total. The van der Waals surface area contributed by atoms with Crippen molar-refractivity contribution in [3.63, 3.8) is 0 Å². The van der Waals surface area contributed by atoms with Gasteiger partial charge in [-0.25, -0.2) is 18.4 Å². The smallest absolute Gasteiger partial charge is 0.245 e. The van der Waals surface area contributed by atoms with Gasteiger partial charge < -0.3 is 10.4 Å². The Hall–Kier alpha value is -1.25. The number of hydrogen-bond donors (Lipinski definition) is 2. The molecule has 1 unspecified atom stereocenters. The van der Waals surface area contributed by atoms with Crippen LogP contribution in [0.5, 0.6) is 0 Å². The van der Waals surface area contributed by atoms with Crippen LogP contribution in [0.4, 0.5) is 5.95 Å². The van der Waals surface area contributed by atoms with Crippen LogP contribution in [-0.2, 0) is 10.0 Å². The van der Waals surface area contributed by atoms with Gasteiger partial charge in [0.1, 0.15) is 4.90 Å². The van der Waals surface area contributed by atoms with Crippen molar-refractivity contribution in [2.24, 2.45) is 0 Å². The van der Waals surface area contributed by atoms with E-state index in [2.05, 4.69) is 15.3 Å². The molecular formula is C10H18N4O3S. The molecule has 18 heavy (non-hydrogen) atoms. The summed E-state index contributed by atoms with van der Waals surface area (Å²) in [6.07, 6.45) is 1.77. The van der Waals surface area contributed by atoms with Crippen molar-refractivity contribution in [1.29, 1.82) is 0 Å². The molecule has 0 bridgehead atoms. The highest BCUT2D eigenvalue weighted by molar-refractivity contribution is 7.89. The maximum absolute atomic E-state index is 12.1. The maximum Gasteiger partial charge on any atom is 0.245 e. The van der Waals surface area contributed by atoms with Gasteiger partial charge in [-0.15, -0.1) is 0 Å². The molecule has 0 aliphatic carbocycles. The molecule has 0 aliphatic rings. The van der Waals surface area contributed by atoms with Gasteiger partial charge in [0, 0.05) is 20.1 Å². The van der Waals surface area contributed by atoms with E-state index < -0.39 is 16.1 Å². The number of aliphatic hydroxyl groups excluding tert-OH is 1. The van der Waals surface area contributed by atoms with Crippen LogP contribution >= 0.6 is 0 Å². The zero-order valence-electron chi connectivity index (χ0n) is 10.7. The van der Waals surface area contributed by atoms with Gasteiger partial charge in [0.15, 0.2) is 0 Å². The van der Waals surface area contributed by atoms with E-state index in [4.69, 9.17) is 0 Å². The van der Waals surface area contributed by atoms with Crippen molar-refractivity contribution < 1.29 is 13.5 Å². The highest BCUT2D eigenvalue weighted by Crippen LogP contribution is 2.13. The third-order valence-corrected chi connectivity index (χ3v) is 3.97. The Labute approximate surface area is 107 Å². The van der Waals surface area contributed by atoms with E-state index in [1.165, 1.54) is 26.4 Å². The lowest BCUT2D eigenvalue weighted by Gasteiger charge is -2.18. The number of likely N-dealkylation sites (N-methyl/N-ethyl adjacent to an activating group) is 1. The van der Waals surface area contributed by atoms with Gasteiger partial charge in [0.25, 0.3) is 0 Å². The molecule has 1 atom stereocenters. The Kier molecular flexibility index (Phi) is 5.00. The molecule has 0 aliphatic heterocycles. The van der Waals surface area contributed by atoms with Crippen molar-refractivity contribution >= 4 is 16.0 Å². The normalized spacial score (nSPS) is 13.6. The van der Waals surface area contributed by atoms with E-state index in [1.807, 2.05) is 6.92 Å². The van der Waals surface area contributed by atoms with Crippen LogP contribution in [-0.4, -0.2) is 54.0 Å². The van der Waals surface area contributed by atoms with E-state index in [-0.39, 0.29) is 11.4 Å². The summed E-state index contributed by atoms with van der Waals surface area (Å²) in [5.41, 5.74) is 0. The monoisotopic (exact) mass is 274 g/mol. The predicted octanol–water partition coefficient (Wildman–Crippen LogP) is -0.0903. The molecule has 102 valence electrons. The molecule has 2 N–H and O–H groups in total. The number of aliphatic hydroxyl groups is 1. The Morgan fingerprint density at radius 2 is 2.00 bits per heavy atom. The van der Waals surface area contributed by atoms with Gasteiger partial charge in [-0.3, -0.25) is 0 Å². The molecule has 0 saturated carbocycles. The zero-order chi connectivity index (χ0) is 13.8. The first-order valence-corrected chi connectivity index (χ1v) is 7.02. The minimum Gasteiger partial charge on any atom is -0.392 e. The predicted molar refractivity (Wildman–Crippen MR) is 67.7 cm³/mol. The Morgan fingerprint density at radius 1 is 1.44 bits per heavy atom. The standard InChI is InChI=1S/C10H18N4O3S/c1-4-11-10-12-5-9(6-13-10)18(16,17)14(3)7-8(2)15/h5-6,8,15H,4,7H2,1-3H3,(H,11,12,13). The average molecular weight is 274 g/mol. The number of nitrogens with zero attached hydrogens (tertiary/aromatic N) is 3. The number of anilines is 1. The van der Waals surface area contributed by atoms with Crippen LogP contribution in [0, 0.1) is 0 Å². The minimum absolute atomic E-state index is 0.00676. The summed E-state index contributed by atoms with van der Waals surface area (Å²) in [6, 6.07) is 0. The zero-order valence-corrected chi connectivity index (χ0v) is 11.5. The first kappa shape index (κ1) is 14.8. The second-order valence-corrected chi connectivity index (χ2v) is 5.95. The lowest BCUT2D eigenvalue weighted by Crippen LogP contribution is -2.33. The largest absolute Gasteiger partial charge is 0.392 e. The third-order valence-electron chi connectivity index (χ3n) is 2.19. The van der Waals surface area contributed by atoms with Gasteiger partial charge in [0.2, 0.25) is 16.0 Å². The van der Waals surface area contributed by atoms with Gasteiger partial charge in [0.05, 0.1) is 18.5 Å². The molecular weight excluding hydrogens is 256 g/mol. The molecule has 0 fully saturated rings. The molecule has 0 amide bonds. The van der Waals surface area contributed by atoms with E-state index in [9.17, 15) is 13.5 Å². The van der Waals surface area contributed by atoms with Gasteiger partial charge in [-0.05, 0) is 13.8 Å². The van der Waals surface area contributed by atoms with Crippen molar-refractivity contribution in [2.45, 2.75) is 24.8 Å². The molecule has 1 heterocycles. The number of sulfonamides is 1. The minimum atomic E-state index is -3.65. The van der Waals surface area contributed by atoms with Crippen LogP contribution in [0.1, 0.15) is 13.8 Å².